The molecule has 0 aliphatic heterocycles. The van der Waals surface area contributed by atoms with E-state index in [0.29, 0.717) is 5.69 Å². The van der Waals surface area contributed by atoms with Crippen molar-refractivity contribution in [3.8, 4) is 5.75 Å². The predicted octanol–water partition coefficient (Wildman–Crippen LogP) is 2.05. The second-order valence-electron chi connectivity index (χ2n) is 5.35. The average molecular weight is 334 g/mol. The number of phenolic OH excluding ortho intramolecular Hbond substituents is 1. The minimum atomic E-state index is -1.20. The third-order valence-corrected chi connectivity index (χ3v) is 4.33. The highest BCUT2D eigenvalue weighted by molar-refractivity contribution is 7.10. The maximum absolute atomic E-state index is 12.2. The first-order chi connectivity index (χ1) is 10.8. The SMILES string of the molecule is CC(=O)Nc1ccc(O)c(C(=O)NCC(C)(O)c2cccs2)c1. The Bertz CT molecular complexity index is 711. The highest BCUT2D eigenvalue weighted by Gasteiger charge is 2.25. The van der Waals surface area contributed by atoms with E-state index in [2.05, 4.69) is 10.6 Å². The summed E-state index contributed by atoms with van der Waals surface area (Å²) < 4.78 is 0. The van der Waals surface area contributed by atoms with E-state index in [1.165, 1.54) is 36.5 Å². The van der Waals surface area contributed by atoms with Crippen LogP contribution in [0.25, 0.3) is 0 Å². The number of aromatic hydroxyl groups is 1. The second kappa shape index (κ2) is 6.80. The van der Waals surface area contributed by atoms with E-state index in [0.717, 1.165) is 4.88 Å². The minimum absolute atomic E-state index is 0.00382. The van der Waals surface area contributed by atoms with Crippen molar-refractivity contribution in [1.82, 2.24) is 5.32 Å². The van der Waals surface area contributed by atoms with Crippen molar-refractivity contribution in [2.75, 3.05) is 11.9 Å². The number of nitrogens with one attached hydrogen (secondary N) is 2. The molecule has 6 nitrogen and oxygen atoms in total. The summed E-state index contributed by atoms with van der Waals surface area (Å²) in [5, 5.41) is 27.2. The molecule has 122 valence electrons. The van der Waals surface area contributed by atoms with Crippen LogP contribution in [0.3, 0.4) is 0 Å². The summed E-state index contributed by atoms with van der Waals surface area (Å²) in [6.45, 7) is 2.95. The quantitative estimate of drug-likeness (QED) is 0.629. The van der Waals surface area contributed by atoms with Crippen LogP contribution in [0, 0.1) is 0 Å². The highest BCUT2D eigenvalue weighted by atomic mass is 32.1. The molecule has 1 aromatic heterocycles. The molecule has 0 aliphatic carbocycles. The maximum atomic E-state index is 12.2. The molecule has 0 saturated heterocycles. The summed E-state index contributed by atoms with van der Waals surface area (Å²) in [5.74, 6) is -1.01. The summed E-state index contributed by atoms with van der Waals surface area (Å²) in [7, 11) is 0. The summed E-state index contributed by atoms with van der Waals surface area (Å²) in [5.41, 5.74) is -0.766. The number of carbonyl (C=O) groups excluding carboxylic acids is 2. The van der Waals surface area contributed by atoms with Crippen LogP contribution >= 0.6 is 11.3 Å². The van der Waals surface area contributed by atoms with E-state index in [1.54, 1.807) is 13.0 Å². The fourth-order valence-electron chi connectivity index (χ4n) is 2.02. The first-order valence-electron chi connectivity index (χ1n) is 6.95. The van der Waals surface area contributed by atoms with Crippen molar-refractivity contribution in [1.29, 1.82) is 0 Å². The van der Waals surface area contributed by atoms with Gasteiger partial charge < -0.3 is 20.8 Å². The van der Waals surface area contributed by atoms with Gasteiger partial charge in [0.2, 0.25) is 5.91 Å². The highest BCUT2D eigenvalue weighted by Crippen LogP contribution is 2.25. The molecule has 4 N–H and O–H groups in total. The lowest BCUT2D eigenvalue weighted by atomic mass is 10.0. The number of aliphatic hydroxyl groups is 1. The van der Waals surface area contributed by atoms with Gasteiger partial charge in [-0.25, -0.2) is 0 Å². The lowest BCUT2D eigenvalue weighted by Gasteiger charge is -2.22. The third kappa shape index (κ3) is 4.30. The normalized spacial score (nSPS) is 13.2. The molecule has 1 unspecified atom stereocenters. The summed E-state index contributed by atoms with van der Waals surface area (Å²) in [6.07, 6.45) is 0. The van der Waals surface area contributed by atoms with E-state index in [-0.39, 0.29) is 23.8 Å². The molecule has 1 aromatic carbocycles. The van der Waals surface area contributed by atoms with Gasteiger partial charge in [-0.15, -0.1) is 11.3 Å². The molecule has 1 atom stereocenters. The van der Waals surface area contributed by atoms with Gasteiger partial charge in [0.1, 0.15) is 11.4 Å². The van der Waals surface area contributed by atoms with Gasteiger partial charge in [0, 0.05) is 17.5 Å². The van der Waals surface area contributed by atoms with Gasteiger partial charge in [-0.05, 0) is 36.6 Å². The number of hydrogen-bond donors (Lipinski definition) is 4. The molecular weight excluding hydrogens is 316 g/mol. The van der Waals surface area contributed by atoms with E-state index < -0.39 is 11.5 Å². The Labute approximate surface area is 137 Å². The van der Waals surface area contributed by atoms with E-state index >= 15 is 0 Å². The fourth-order valence-corrected chi connectivity index (χ4v) is 2.81. The number of hydrogen-bond acceptors (Lipinski definition) is 5. The number of carbonyl (C=O) groups is 2. The number of benzene rings is 1. The zero-order valence-electron chi connectivity index (χ0n) is 12.8. The van der Waals surface area contributed by atoms with Gasteiger partial charge in [-0.3, -0.25) is 9.59 Å². The van der Waals surface area contributed by atoms with Crippen LogP contribution in [0.2, 0.25) is 0 Å². The zero-order chi connectivity index (χ0) is 17.0. The third-order valence-electron chi connectivity index (χ3n) is 3.21. The molecule has 0 radical (unpaired) electrons. The Hall–Kier alpha value is -2.38. The van der Waals surface area contributed by atoms with Crippen molar-refractivity contribution in [3.63, 3.8) is 0 Å². The molecule has 7 heteroatoms. The standard InChI is InChI=1S/C16H18N2O4S/c1-10(19)18-11-5-6-13(20)12(8-11)15(21)17-9-16(2,22)14-4-3-7-23-14/h3-8,20,22H,9H2,1-2H3,(H,17,21)(H,18,19). The van der Waals surface area contributed by atoms with Crippen LogP contribution < -0.4 is 10.6 Å². The van der Waals surface area contributed by atoms with Crippen molar-refractivity contribution < 1.29 is 19.8 Å². The molecule has 2 amide bonds. The predicted molar refractivity (Wildman–Crippen MR) is 88.6 cm³/mol. The lowest BCUT2D eigenvalue weighted by molar-refractivity contribution is -0.114. The van der Waals surface area contributed by atoms with Gasteiger partial charge in [0.25, 0.3) is 5.91 Å². The van der Waals surface area contributed by atoms with E-state index in [4.69, 9.17) is 0 Å². The summed E-state index contributed by atoms with van der Waals surface area (Å²) in [4.78, 5) is 24.0. The molecule has 0 bridgehead atoms. The van der Waals surface area contributed by atoms with Gasteiger partial charge in [-0.2, -0.15) is 0 Å². The molecule has 0 saturated carbocycles. The van der Waals surface area contributed by atoms with Crippen molar-refractivity contribution >= 4 is 28.8 Å². The number of amides is 2. The van der Waals surface area contributed by atoms with E-state index in [1.807, 2.05) is 11.4 Å². The van der Waals surface area contributed by atoms with Crippen molar-refractivity contribution in [2.24, 2.45) is 0 Å². The fraction of sp³-hybridized carbons (Fsp3) is 0.250. The smallest absolute Gasteiger partial charge is 0.255 e. The Morgan fingerprint density at radius 2 is 2.04 bits per heavy atom. The molecule has 2 aromatic rings. The molecule has 0 fully saturated rings. The van der Waals surface area contributed by atoms with Crippen molar-refractivity contribution in [3.05, 3.63) is 46.2 Å². The Balaban J connectivity index is 2.10. The van der Waals surface area contributed by atoms with Crippen LogP contribution in [0.1, 0.15) is 29.1 Å². The second-order valence-corrected chi connectivity index (χ2v) is 6.29. The van der Waals surface area contributed by atoms with E-state index in [9.17, 15) is 19.8 Å². The van der Waals surface area contributed by atoms with Crippen molar-refractivity contribution in [2.45, 2.75) is 19.4 Å². The number of phenols is 1. The lowest BCUT2D eigenvalue weighted by Crippen LogP contribution is -2.38. The molecule has 0 aliphatic rings. The summed E-state index contributed by atoms with van der Waals surface area (Å²) >= 11 is 1.39. The number of anilines is 1. The topological polar surface area (TPSA) is 98.7 Å². The first-order valence-corrected chi connectivity index (χ1v) is 7.83. The maximum Gasteiger partial charge on any atom is 0.255 e. The first kappa shape index (κ1) is 17.0. The van der Waals surface area contributed by atoms with Crippen LogP contribution in [-0.2, 0) is 10.4 Å². The Kier molecular flexibility index (Phi) is 5.02. The molecule has 2 rings (SSSR count). The van der Waals surface area contributed by atoms with Crippen LogP contribution in [0.5, 0.6) is 5.75 Å². The Morgan fingerprint density at radius 3 is 2.65 bits per heavy atom. The van der Waals surface area contributed by atoms with Gasteiger partial charge in [-0.1, -0.05) is 6.07 Å². The molecular formula is C16H18N2O4S. The zero-order valence-corrected chi connectivity index (χ0v) is 13.6. The van der Waals surface area contributed by atoms with Gasteiger partial charge in [0.05, 0.1) is 12.1 Å². The largest absolute Gasteiger partial charge is 0.507 e. The number of rotatable bonds is 5. The molecule has 0 spiro atoms. The van der Waals surface area contributed by atoms with Gasteiger partial charge in [0.15, 0.2) is 0 Å². The summed E-state index contributed by atoms with van der Waals surface area (Å²) in [6, 6.07) is 7.81. The van der Waals surface area contributed by atoms with Crippen LogP contribution in [0.4, 0.5) is 5.69 Å². The average Bonchev–Trinajstić information content (AvgIpc) is 3.01. The van der Waals surface area contributed by atoms with Crippen LogP contribution in [-0.4, -0.2) is 28.6 Å². The van der Waals surface area contributed by atoms with Gasteiger partial charge >= 0.3 is 0 Å². The molecule has 1 heterocycles. The van der Waals surface area contributed by atoms with Crippen LogP contribution in [0.15, 0.2) is 35.7 Å². The monoisotopic (exact) mass is 334 g/mol. The molecule has 23 heavy (non-hydrogen) atoms. The minimum Gasteiger partial charge on any atom is -0.507 e. The Morgan fingerprint density at radius 1 is 1.30 bits per heavy atom. The number of thiophene rings is 1.